The number of phosphoric ester groups is 1. The molecule has 7 rings (SSSR count). The molecule has 21 nitrogen and oxygen atoms in total. The Morgan fingerprint density at radius 2 is 1.57 bits per heavy atom. The van der Waals surface area contributed by atoms with Crippen molar-refractivity contribution in [2.75, 3.05) is 55.8 Å². The molecule has 0 radical (unpaired) electrons. The summed E-state index contributed by atoms with van der Waals surface area (Å²) in [5.41, 5.74) is 1.32. The molecule has 2 aromatic heterocycles. The van der Waals surface area contributed by atoms with Crippen molar-refractivity contribution in [3.8, 4) is 11.4 Å². The molecule has 0 bridgehead atoms. The maximum absolute atomic E-state index is 15.0. The van der Waals surface area contributed by atoms with Gasteiger partial charge in [0, 0.05) is 62.0 Å². The average molecular weight is 957 g/mol. The molecule has 6 atom stereocenters. The number of anilines is 2. The molecule has 2 saturated heterocycles. The van der Waals surface area contributed by atoms with Crippen LogP contribution in [0.4, 0.5) is 25.0 Å². The van der Waals surface area contributed by atoms with Crippen LogP contribution in [0.15, 0.2) is 90.5 Å². The minimum atomic E-state index is -4.95. The van der Waals surface area contributed by atoms with Crippen LogP contribution < -0.4 is 20.2 Å². The Labute approximate surface area is 382 Å². The maximum atomic E-state index is 15.0. The summed E-state index contributed by atoms with van der Waals surface area (Å²) in [5.74, 6) is -2.08. The van der Waals surface area contributed by atoms with Crippen LogP contribution in [0.2, 0.25) is 0 Å². The first-order chi connectivity index (χ1) is 32.0. The molecule has 360 valence electrons. The van der Waals surface area contributed by atoms with Crippen molar-refractivity contribution in [1.29, 1.82) is 0 Å². The monoisotopic (exact) mass is 956 g/mol. The van der Waals surface area contributed by atoms with E-state index in [4.69, 9.17) is 33.5 Å². The topological polar surface area (TPSA) is 244 Å². The van der Waals surface area contributed by atoms with Crippen molar-refractivity contribution in [1.82, 2.24) is 29.1 Å². The van der Waals surface area contributed by atoms with Gasteiger partial charge in [-0.2, -0.15) is 10.2 Å². The third kappa shape index (κ3) is 12.2. The van der Waals surface area contributed by atoms with Crippen LogP contribution in [0.3, 0.4) is 0 Å². The minimum absolute atomic E-state index is 0.0585. The highest BCUT2D eigenvalue weighted by Crippen LogP contribution is 2.42. The summed E-state index contributed by atoms with van der Waals surface area (Å²) in [6.45, 7) is 7.30. The first kappa shape index (κ1) is 48.7. The van der Waals surface area contributed by atoms with E-state index < -0.39 is 74.0 Å². The Morgan fingerprint density at radius 1 is 0.910 bits per heavy atom. The molecular weight excluding hydrogens is 905 g/mol. The van der Waals surface area contributed by atoms with Crippen molar-refractivity contribution in [3.05, 3.63) is 113 Å². The molecule has 4 heterocycles. The van der Waals surface area contributed by atoms with E-state index in [2.05, 4.69) is 29.5 Å². The van der Waals surface area contributed by atoms with Gasteiger partial charge in [-0.25, -0.2) is 46.6 Å². The number of aliphatic hydroxyl groups is 1. The van der Waals surface area contributed by atoms with Gasteiger partial charge in [0.25, 0.3) is 0 Å². The van der Waals surface area contributed by atoms with Crippen LogP contribution in [0.5, 0.6) is 5.75 Å². The zero-order chi connectivity index (χ0) is 47.9. The second-order valence-corrected chi connectivity index (χ2v) is 17.3. The molecular formula is C43H51F2N8O13P. The number of esters is 1. The molecule has 2 aliphatic rings. The fourth-order valence-electron chi connectivity index (χ4n) is 8.12. The second-order valence-electron chi connectivity index (χ2n) is 16.1. The fourth-order valence-corrected chi connectivity index (χ4v) is 8.46. The number of ether oxygens (including phenoxy) is 5. The number of carbonyl (C=O) groups excluding carboxylic acids is 2. The van der Waals surface area contributed by atoms with Crippen LogP contribution in [0, 0.1) is 17.6 Å². The lowest BCUT2D eigenvalue weighted by Crippen LogP contribution is -2.46. The summed E-state index contributed by atoms with van der Waals surface area (Å²) >= 11 is 0. The highest BCUT2D eigenvalue weighted by molar-refractivity contribution is 7.46. The predicted molar refractivity (Wildman–Crippen MR) is 232 cm³/mol. The molecule has 2 fully saturated rings. The number of aliphatic hydroxyl groups excluding tert-OH is 1. The number of piperazine rings is 1. The molecule has 24 heteroatoms. The predicted octanol–water partition coefficient (Wildman–Crippen LogP) is 4.09. The number of nitrogens with zero attached hydrogens (tertiary/aromatic N) is 8. The van der Waals surface area contributed by atoms with Gasteiger partial charge in [-0.3, -0.25) is 4.52 Å². The Morgan fingerprint density at radius 3 is 2.18 bits per heavy atom. The number of phosphoric acid groups is 1. The van der Waals surface area contributed by atoms with Crippen molar-refractivity contribution < 1.29 is 66.0 Å². The smallest absolute Gasteiger partial charge is 0.493 e. The molecule has 0 aliphatic carbocycles. The molecule has 3 aromatic carbocycles. The number of aromatic nitrogens is 6. The lowest BCUT2D eigenvalue weighted by atomic mass is 9.87. The SMILES string of the molecule is CC[C@@H]([C@H](C)OC(=O)OC(C)OC(=O)C(O)COP(=O)(O)O)n1ncn(-c2ccc(N3CCN(c4ccc(OC[C@@H]5CO[C@@](Cn6cncn6)(c6ccc(F)cc6F)C5)cc4)CC3)cc2)c1=O. The molecule has 5 aromatic rings. The Bertz CT molecular complexity index is 2550. The number of hydrogen-bond donors (Lipinski definition) is 3. The number of rotatable bonds is 19. The van der Waals surface area contributed by atoms with Crippen molar-refractivity contribution in [2.24, 2.45) is 5.92 Å². The Hall–Kier alpha value is -6.23. The van der Waals surface area contributed by atoms with E-state index in [1.807, 2.05) is 48.5 Å². The highest BCUT2D eigenvalue weighted by Gasteiger charge is 2.45. The van der Waals surface area contributed by atoms with Gasteiger partial charge >= 0.3 is 25.6 Å². The van der Waals surface area contributed by atoms with Gasteiger partial charge in [0.1, 0.15) is 48.1 Å². The van der Waals surface area contributed by atoms with E-state index in [0.717, 1.165) is 50.5 Å². The van der Waals surface area contributed by atoms with Crippen molar-refractivity contribution >= 4 is 31.3 Å². The van der Waals surface area contributed by atoms with Crippen LogP contribution in [-0.4, -0.2) is 121 Å². The summed E-state index contributed by atoms with van der Waals surface area (Å²) in [4.78, 5) is 64.0. The van der Waals surface area contributed by atoms with E-state index in [0.29, 0.717) is 37.5 Å². The van der Waals surface area contributed by atoms with Gasteiger partial charge in [-0.05, 0) is 74.4 Å². The molecule has 0 saturated carbocycles. The molecule has 0 spiro atoms. The summed E-state index contributed by atoms with van der Waals surface area (Å²) in [7, 11) is -4.95. The van der Waals surface area contributed by atoms with E-state index in [1.165, 1.54) is 47.3 Å². The minimum Gasteiger partial charge on any atom is -0.493 e. The summed E-state index contributed by atoms with van der Waals surface area (Å²) in [6.07, 6.45) is -0.722. The number of halogens is 2. The normalized spacial score (nSPS) is 19.4. The second kappa shape index (κ2) is 21.2. The maximum Gasteiger partial charge on any atom is 0.511 e. The van der Waals surface area contributed by atoms with E-state index in [-0.39, 0.29) is 18.0 Å². The molecule has 0 amide bonds. The fraction of sp³-hybridized carbons (Fsp3) is 0.442. The molecule has 2 aliphatic heterocycles. The Balaban J connectivity index is 0.871. The van der Waals surface area contributed by atoms with Gasteiger partial charge < -0.3 is 48.4 Å². The van der Waals surface area contributed by atoms with Crippen molar-refractivity contribution in [2.45, 2.75) is 70.3 Å². The van der Waals surface area contributed by atoms with E-state index in [9.17, 15) is 28.4 Å². The Kier molecular flexibility index (Phi) is 15.4. The largest absolute Gasteiger partial charge is 0.511 e. The molecule has 3 N–H and O–H groups in total. The third-order valence-corrected chi connectivity index (χ3v) is 11.9. The van der Waals surface area contributed by atoms with E-state index in [1.54, 1.807) is 11.6 Å². The summed E-state index contributed by atoms with van der Waals surface area (Å²) in [5, 5.41) is 18.1. The first-order valence-corrected chi connectivity index (χ1v) is 22.9. The summed E-state index contributed by atoms with van der Waals surface area (Å²) in [6, 6.07) is 18.2. The first-order valence-electron chi connectivity index (χ1n) is 21.4. The molecule has 67 heavy (non-hydrogen) atoms. The van der Waals surface area contributed by atoms with Crippen LogP contribution in [0.1, 0.15) is 45.2 Å². The zero-order valence-corrected chi connectivity index (χ0v) is 37.6. The van der Waals surface area contributed by atoms with Crippen LogP contribution >= 0.6 is 7.82 Å². The van der Waals surface area contributed by atoms with Gasteiger partial charge in [0.05, 0.1) is 38.1 Å². The number of benzene rings is 3. The van der Waals surface area contributed by atoms with Gasteiger partial charge in [-0.1, -0.05) is 13.0 Å². The highest BCUT2D eigenvalue weighted by atomic mass is 31.2. The quantitative estimate of drug-likeness (QED) is 0.0599. The zero-order valence-electron chi connectivity index (χ0n) is 36.7. The summed E-state index contributed by atoms with van der Waals surface area (Å²) < 4.78 is 75.2. The van der Waals surface area contributed by atoms with Crippen LogP contribution in [0.25, 0.3) is 5.69 Å². The third-order valence-electron chi connectivity index (χ3n) is 11.4. The van der Waals surface area contributed by atoms with Gasteiger partial charge in [0.15, 0.2) is 6.10 Å². The van der Waals surface area contributed by atoms with Crippen LogP contribution in [-0.2, 0) is 45.0 Å². The number of hydrogen-bond acceptors (Lipinski definition) is 16. The van der Waals surface area contributed by atoms with Gasteiger partial charge in [0.2, 0.25) is 6.29 Å². The number of carbonyl (C=O) groups is 2. The standard InChI is InChI=1S/C43H51F2N8O13P/c1-4-38(28(2)64-42(57)66-29(3)65-40(55)39(54)23-63-67(58,59)60)53-41(56)52(27-48-53)34-8-6-32(7-9-34)49-15-17-50(18-16-49)33-10-12-35(13-11-33)61-21-30-20-43(62-22-30,24-51-26-46-25-47-51)36-14-5-31(44)19-37(36)45/h5-14,19,25-30,38-39,54H,4,15-18,20-24H2,1-3H3,(H2,58,59,60)/t28-,29?,30+,38-,39?,43-/m0/s1. The van der Waals surface area contributed by atoms with Crippen molar-refractivity contribution in [3.63, 3.8) is 0 Å². The molecule has 2 unspecified atom stereocenters. The lowest BCUT2D eigenvalue weighted by molar-refractivity contribution is -0.179. The van der Waals surface area contributed by atoms with Gasteiger partial charge in [-0.15, -0.1) is 0 Å². The lowest BCUT2D eigenvalue weighted by Gasteiger charge is -2.37. The van der Waals surface area contributed by atoms with E-state index >= 15 is 4.39 Å². The average Bonchev–Trinajstić information content (AvgIpc) is 4.06.